The molecule has 0 bridgehead atoms. The van der Waals surface area contributed by atoms with Crippen molar-refractivity contribution >= 4 is 28.5 Å². The van der Waals surface area contributed by atoms with Gasteiger partial charge in [-0.1, -0.05) is 88.7 Å². The van der Waals surface area contributed by atoms with Crippen molar-refractivity contribution in [3.63, 3.8) is 0 Å². The minimum absolute atomic E-state index is 0.0552. The zero-order valence-electron chi connectivity index (χ0n) is 29.5. The van der Waals surface area contributed by atoms with Gasteiger partial charge in [-0.25, -0.2) is 0 Å². The van der Waals surface area contributed by atoms with E-state index in [1.807, 2.05) is 24.3 Å². The maximum absolute atomic E-state index is 14.4. The molecule has 1 heterocycles. The quantitative estimate of drug-likeness (QED) is 0.225. The number of aromatic nitrogens is 1. The van der Waals surface area contributed by atoms with Crippen LogP contribution < -0.4 is 0 Å². The van der Waals surface area contributed by atoms with Gasteiger partial charge in [-0.05, 0) is 140 Å². The number of aromatic amines is 1. The molecule has 0 spiro atoms. The first kappa shape index (κ1) is 31.7. The van der Waals surface area contributed by atoms with E-state index in [1.165, 1.54) is 53.4 Å². The molecule has 0 aliphatic heterocycles. The second-order valence-corrected chi connectivity index (χ2v) is 18.4. The minimum atomic E-state index is -0.391. The smallest absolute Gasteiger partial charge is 0.312 e. The lowest BCUT2D eigenvalue weighted by Crippen LogP contribution is -2.67. The molecule has 4 heteroatoms. The molecule has 0 amide bonds. The number of fused-ring (bicyclic) bond motifs is 10. The summed E-state index contributed by atoms with van der Waals surface area (Å²) in [7, 11) is 0. The average Bonchev–Trinajstić information content (AvgIpc) is 3.60. The fourth-order valence-electron chi connectivity index (χ4n) is 13.7. The third-order valence-corrected chi connectivity index (χ3v) is 16.1. The van der Waals surface area contributed by atoms with E-state index in [1.54, 1.807) is 0 Å². The van der Waals surface area contributed by atoms with Gasteiger partial charge in [-0.2, -0.15) is 0 Å². The number of hydrogen-bond donors (Lipinski definition) is 1. The molecular formula is C43H54ClNO2. The van der Waals surface area contributed by atoms with Crippen LogP contribution in [0.5, 0.6) is 0 Å². The molecule has 250 valence electrons. The van der Waals surface area contributed by atoms with Gasteiger partial charge in [0.15, 0.2) is 0 Å². The second kappa shape index (κ2) is 10.5. The number of carbonyl (C=O) groups excluding carboxylic acids is 1. The Morgan fingerprint density at radius 3 is 2.43 bits per heavy atom. The van der Waals surface area contributed by atoms with Crippen LogP contribution in [-0.4, -0.2) is 11.0 Å². The Labute approximate surface area is 287 Å². The monoisotopic (exact) mass is 651 g/mol. The number of nitrogens with one attached hydrogen (secondary N) is 1. The molecule has 4 saturated carbocycles. The van der Waals surface area contributed by atoms with Gasteiger partial charge in [0.05, 0.1) is 5.41 Å². The van der Waals surface area contributed by atoms with Crippen molar-refractivity contribution in [1.82, 2.24) is 4.98 Å². The number of halogens is 1. The van der Waals surface area contributed by atoms with Gasteiger partial charge in [0.2, 0.25) is 0 Å². The maximum Gasteiger partial charge on any atom is 0.312 e. The van der Waals surface area contributed by atoms with Gasteiger partial charge < -0.3 is 9.72 Å². The second-order valence-electron chi connectivity index (χ2n) is 18.0. The van der Waals surface area contributed by atoms with Gasteiger partial charge in [0.25, 0.3) is 0 Å². The van der Waals surface area contributed by atoms with E-state index < -0.39 is 5.41 Å². The van der Waals surface area contributed by atoms with Crippen molar-refractivity contribution in [2.45, 2.75) is 111 Å². The first-order valence-electron chi connectivity index (χ1n) is 18.4. The van der Waals surface area contributed by atoms with Crippen molar-refractivity contribution in [2.75, 3.05) is 0 Å². The fourth-order valence-corrected chi connectivity index (χ4v) is 13.8. The minimum Gasteiger partial charge on any atom is -0.460 e. The summed E-state index contributed by atoms with van der Waals surface area (Å²) in [5.41, 5.74) is 6.75. The topological polar surface area (TPSA) is 42.1 Å². The standard InChI is InChI=1S/C43H54ClNO2/c1-26(2)29-17-20-43(38(46)47-25-27-11-9-8-10-12-27)22-21-41(6)32(36(29)43)14-16-35-40(5)24-31-30-23-28(44)13-15-33(30)45-37(31)39(3,4)34(40)18-19-42(35,41)7/h8-13,15,23,29,32,34-36,45H,1,14,16-22,24-25H2,2-7H3/t29?,32?,34?,35?,36?,40-,41+,42+,43-/m0/s1. The predicted molar refractivity (Wildman–Crippen MR) is 192 cm³/mol. The van der Waals surface area contributed by atoms with Crippen LogP contribution >= 0.6 is 11.6 Å². The van der Waals surface area contributed by atoms with Crippen molar-refractivity contribution in [2.24, 2.45) is 51.2 Å². The van der Waals surface area contributed by atoms with E-state index in [2.05, 4.69) is 77.4 Å². The van der Waals surface area contributed by atoms with E-state index in [4.69, 9.17) is 16.3 Å². The Hall–Kier alpha value is -2.52. The average molecular weight is 652 g/mol. The van der Waals surface area contributed by atoms with E-state index in [0.717, 1.165) is 42.7 Å². The highest BCUT2D eigenvalue weighted by atomic mass is 35.5. The molecule has 4 fully saturated rings. The van der Waals surface area contributed by atoms with E-state index in [0.29, 0.717) is 36.2 Å². The van der Waals surface area contributed by atoms with Crippen molar-refractivity contribution in [3.8, 4) is 0 Å². The molecular weight excluding hydrogens is 598 g/mol. The van der Waals surface area contributed by atoms with Crippen LogP contribution in [0.25, 0.3) is 10.9 Å². The summed E-state index contributed by atoms with van der Waals surface area (Å²) < 4.78 is 6.24. The van der Waals surface area contributed by atoms with E-state index >= 15 is 0 Å². The highest BCUT2D eigenvalue weighted by Gasteiger charge is 2.72. The lowest BCUT2D eigenvalue weighted by atomic mass is 9.32. The van der Waals surface area contributed by atoms with Crippen molar-refractivity contribution < 1.29 is 9.53 Å². The maximum atomic E-state index is 14.4. The van der Waals surface area contributed by atoms with Crippen molar-refractivity contribution in [3.05, 3.63) is 82.5 Å². The summed E-state index contributed by atoms with van der Waals surface area (Å²) in [5, 5.41) is 2.14. The van der Waals surface area contributed by atoms with Gasteiger partial charge >= 0.3 is 5.97 Å². The largest absolute Gasteiger partial charge is 0.460 e. The molecule has 5 aliphatic carbocycles. The molecule has 1 aromatic heterocycles. The molecule has 2 aromatic carbocycles. The highest BCUT2D eigenvalue weighted by Crippen LogP contribution is 2.77. The zero-order chi connectivity index (χ0) is 33.1. The Bertz CT molecular complexity index is 1760. The summed E-state index contributed by atoms with van der Waals surface area (Å²) in [5.74, 6) is 2.52. The summed E-state index contributed by atoms with van der Waals surface area (Å²) in [6, 6.07) is 16.6. The van der Waals surface area contributed by atoms with Crippen LogP contribution in [0.3, 0.4) is 0 Å². The zero-order valence-corrected chi connectivity index (χ0v) is 30.2. The molecule has 8 rings (SSSR count). The van der Waals surface area contributed by atoms with Gasteiger partial charge in [0, 0.05) is 27.0 Å². The highest BCUT2D eigenvalue weighted by molar-refractivity contribution is 6.31. The molecule has 5 unspecified atom stereocenters. The Morgan fingerprint density at radius 1 is 0.915 bits per heavy atom. The number of benzene rings is 2. The van der Waals surface area contributed by atoms with Crippen LogP contribution in [0, 0.1) is 51.2 Å². The molecule has 47 heavy (non-hydrogen) atoms. The first-order valence-corrected chi connectivity index (χ1v) is 18.8. The molecule has 1 N–H and O–H groups in total. The Kier molecular flexibility index (Phi) is 7.08. The number of rotatable bonds is 4. The lowest BCUT2D eigenvalue weighted by molar-refractivity contribution is -0.229. The Balaban J connectivity index is 1.16. The van der Waals surface area contributed by atoms with Gasteiger partial charge in [-0.3, -0.25) is 4.79 Å². The Morgan fingerprint density at radius 2 is 1.68 bits per heavy atom. The van der Waals surface area contributed by atoms with Crippen LogP contribution in [0.15, 0.2) is 60.7 Å². The fraction of sp³-hybridized carbons (Fsp3) is 0.605. The number of carbonyl (C=O) groups is 1. The van der Waals surface area contributed by atoms with Crippen molar-refractivity contribution in [1.29, 1.82) is 0 Å². The first-order chi connectivity index (χ1) is 22.3. The molecule has 5 aliphatic rings. The van der Waals surface area contributed by atoms with Crippen LogP contribution in [-0.2, 0) is 28.0 Å². The molecule has 9 atom stereocenters. The summed E-state index contributed by atoms with van der Waals surface area (Å²) in [4.78, 5) is 18.2. The number of allylic oxidation sites excluding steroid dienone is 1. The number of H-pyrrole nitrogens is 1. The van der Waals surface area contributed by atoms with Gasteiger partial charge in [0.1, 0.15) is 6.61 Å². The van der Waals surface area contributed by atoms with E-state index in [-0.39, 0.29) is 27.6 Å². The van der Waals surface area contributed by atoms with Crippen LogP contribution in [0.1, 0.15) is 110 Å². The lowest BCUT2D eigenvalue weighted by Gasteiger charge is -2.72. The third kappa shape index (κ3) is 4.20. The summed E-state index contributed by atoms with van der Waals surface area (Å²) >= 11 is 6.60. The summed E-state index contributed by atoms with van der Waals surface area (Å²) in [6.07, 6.45) is 10.2. The molecule has 0 saturated heterocycles. The molecule has 0 radical (unpaired) electrons. The SMILES string of the molecule is C=C(C)C1CC[C@]2(C(=O)OCc3ccccc3)CC[C@]3(C)C(CCC4[C@@]5(C)Cc6c([nH]c7ccc(Cl)cc67)C(C)(C)C5CC[C@]43C)C12. The normalized spacial score (nSPS) is 40.0. The van der Waals surface area contributed by atoms with Crippen LogP contribution in [0.4, 0.5) is 0 Å². The van der Waals surface area contributed by atoms with E-state index in [9.17, 15) is 4.79 Å². The molecule has 3 aromatic rings. The predicted octanol–water partition coefficient (Wildman–Crippen LogP) is 11.2. The van der Waals surface area contributed by atoms with Crippen LogP contribution in [0.2, 0.25) is 5.02 Å². The number of esters is 1. The third-order valence-electron chi connectivity index (χ3n) is 15.9. The number of ether oxygens (including phenoxy) is 1. The molecule has 3 nitrogen and oxygen atoms in total. The summed E-state index contributed by atoms with van der Waals surface area (Å²) in [6.45, 7) is 20.1. The number of hydrogen-bond acceptors (Lipinski definition) is 2. The van der Waals surface area contributed by atoms with Gasteiger partial charge in [-0.15, -0.1) is 0 Å².